The number of phenolic OH excluding ortho intramolecular Hbond substituents is 1. The molecular weight excluding hydrogens is 240 g/mol. The van der Waals surface area contributed by atoms with Crippen LogP contribution in [0.4, 0.5) is 5.69 Å². The van der Waals surface area contributed by atoms with Gasteiger partial charge in [-0.2, -0.15) is 0 Å². The molecular formula is C11H18N2O3S. The lowest BCUT2D eigenvalue weighted by Gasteiger charge is -2.13. The molecule has 0 amide bonds. The highest BCUT2D eigenvalue weighted by molar-refractivity contribution is 7.89. The zero-order valence-electron chi connectivity index (χ0n) is 9.97. The second-order valence-electron chi connectivity index (χ2n) is 4.03. The lowest BCUT2D eigenvalue weighted by Crippen LogP contribution is -2.32. The summed E-state index contributed by atoms with van der Waals surface area (Å²) in [5.41, 5.74) is 5.52. The summed E-state index contributed by atoms with van der Waals surface area (Å²) < 4.78 is 26.4. The molecule has 0 heterocycles. The Morgan fingerprint density at radius 2 is 2.12 bits per heavy atom. The summed E-state index contributed by atoms with van der Waals surface area (Å²) in [6, 6.07) is 3.72. The van der Waals surface area contributed by atoms with Crippen LogP contribution in [-0.2, 0) is 10.0 Å². The average molecular weight is 258 g/mol. The quantitative estimate of drug-likeness (QED) is 0.550. The van der Waals surface area contributed by atoms with Crippen LogP contribution in [0.2, 0.25) is 0 Å². The summed E-state index contributed by atoms with van der Waals surface area (Å²) >= 11 is 0. The van der Waals surface area contributed by atoms with Gasteiger partial charge in [0.15, 0.2) is 0 Å². The van der Waals surface area contributed by atoms with Gasteiger partial charge < -0.3 is 10.8 Å². The molecule has 1 unspecified atom stereocenters. The highest BCUT2D eigenvalue weighted by Gasteiger charge is 2.17. The van der Waals surface area contributed by atoms with Crippen LogP contribution in [0.25, 0.3) is 0 Å². The van der Waals surface area contributed by atoms with Gasteiger partial charge in [0.25, 0.3) is 0 Å². The number of nitrogens with two attached hydrogens (primary N) is 1. The lowest BCUT2D eigenvalue weighted by atomic mass is 10.2. The first kappa shape index (κ1) is 13.8. The van der Waals surface area contributed by atoms with Crippen molar-refractivity contribution in [2.75, 3.05) is 5.73 Å². The Balaban J connectivity index is 2.93. The third kappa shape index (κ3) is 3.61. The fraction of sp³-hybridized carbons (Fsp3) is 0.455. The van der Waals surface area contributed by atoms with Crippen LogP contribution in [0.5, 0.6) is 5.75 Å². The van der Waals surface area contributed by atoms with E-state index in [9.17, 15) is 13.5 Å². The predicted octanol–water partition coefficient (Wildman–Crippen LogP) is 1.44. The maximum atomic E-state index is 11.9. The Kier molecular flexibility index (Phi) is 4.36. The first-order valence-corrected chi connectivity index (χ1v) is 6.96. The molecule has 1 atom stereocenters. The SMILES string of the molecule is CCCC(C)NS(=O)(=O)c1ccc(O)c(N)c1. The molecule has 96 valence electrons. The standard InChI is InChI=1S/C11H18N2O3S/c1-3-4-8(2)13-17(15,16)9-5-6-11(14)10(12)7-9/h5-8,13-14H,3-4,12H2,1-2H3. The number of hydrogen-bond acceptors (Lipinski definition) is 4. The van der Waals surface area contributed by atoms with Gasteiger partial charge in [-0.05, 0) is 31.5 Å². The summed E-state index contributed by atoms with van der Waals surface area (Å²) in [6.45, 7) is 3.80. The first-order valence-electron chi connectivity index (χ1n) is 5.47. The van der Waals surface area contributed by atoms with Crippen molar-refractivity contribution in [2.45, 2.75) is 37.6 Å². The van der Waals surface area contributed by atoms with E-state index in [0.717, 1.165) is 12.8 Å². The molecule has 0 aliphatic heterocycles. The molecule has 17 heavy (non-hydrogen) atoms. The van der Waals surface area contributed by atoms with E-state index < -0.39 is 10.0 Å². The number of nitrogen functional groups attached to an aromatic ring is 1. The number of anilines is 1. The molecule has 0 fully saturated rings. The van der Waals surface area contributed by atoms with Crippen molar-refractivity contribution in [3.63, 3.8) is 0 Å². The molecule has 0 spiro atoms. The monoisotopic (exact) mass is 258 g/mol. The Labute approximate surface area is 102 Å². The minimum Gasteiger partial charge on any atom is -0.506 e. The topological polar surface area (TPSA) is 92.4 Å². The van der Waals surface area contributed by atoms with Crippen molar-refractivity contribution in [1.29, 1.82) is 0 Å². The van der Waals surface area contributed by atoms with E-state index in [-0.39, 0.29) is 22.4 Å². The van der Waals surface area contributed by atoms with E-state index >= 15 is 0 Å². The van der Waals surface area contributed by atoms with Crippen LogP contribution in [0, 0.1) is 0 Å². The minimum absolute atomic E-state index is 0.0519. The van der Waals surface area contributed by atoms with Gasteiger partial charge in [-0.25, -0.2) is 13.1 Å². The van der Waals surface area contributed by atoms with Gasteiger partial charge in [0, 0.05) is 6.04 Å². The third-order valence-corrected chi connectivity index (χ3v) is 3.97. The van der Waals surface area contributed by atoms with Gasteiger partial charge in [-0.1, -0.05) is 13.3 Å². The molecule has 0 saturated carbocycles. The zero-order chi connectivity index (χ0) is 13.1. The second-order valence-corrected chi connectivity index (χ2v) is 5.75. The van der Waals surface area contributed by atoms with Crippen LogP contribution in [-0.4, -0.2) is 19.6 Å². The van der Waals surface area contributed by atoms with Crippen LogP contribution in [0.3, 0.4) is 0 Å². The molecule has 0 aliphatic rings. The summed E-state index contributed by atoms with van der Waals surface area (Å²) in [5, 5.41) is 9.24. The van der Waals surface area contributed by atoms with E-state index in [2.05, 4.69) is 4.72 Å². The number of rotatable bonds is 5. The number of aromatic hydroxyl groups is 1. The number of hydrogen-bond donors (Lipinski definition) is 3. The number of sulfonamides is 1. The first-order chi connectivity index (χ1) is 7.86. The largest absolute Gasteiger partial charge is 0.506 e. The van der Waals surface area contributed by atoms with Crippen molar-refractivity contribution in [3.05, 3.63) is 18.2 Å². The van der Waals surface area contributed by atoms with Crippen molar-refractivity contribution >= 4 is 15.7 Å². The molecule has 5 nitrogen and oxygen atoms in total. The summed E-state index contributed by atoms with van der Waals surface area (Å²) in [4.78, 5) is 0.0655. The van der Waals surface area contributed by atoms with E-state index in [0.29, 0.717) is 0 Å². The van der Waals surface area contributed by atoms with Gasteiger partial charge in [0.05, 0.1) is 10.6 Å². The predicted molar refractivity (Wildman–Crippen MR) is 67.2 cm³/mol. The van der Waals surface area contributed by atoms with Crippen LogP contribution >= 0.6 is 0 Å². The normalized spacial score (nSPS) is 13.5. The van der Waals surface area contributed by atoms with Crippen LogP contribution < -0.4 is 10.5 Å². The fourth-order valence-corrected chi connectivity index (χ4v) is 2.84. The molecule has 1 aromatic carbocycles. The van der Waals surface area contributed by atoms with Gasteiger partial charge in [0.2, 0.25) is 10.0 Å². The van der Waals surface area contributed by atoms with Gasteiger partial charge in [-0.15, -0.1) is 0 Å². The molecule has 4 N–H and O–H groups in total. The summed E-state index contributed by atoms with van der Waals surface area (Å²) in [6.07, 6.45) is 1.67. The molecule has 0 aliphatic carbocycles. The Morgan fingerprint density at radius 1 is 1.47 bits per heavy atom. The smallest absolute Gasteiger partial charge is 0.240 e. The molecule has 1 aromatic rings. The molecule has 6 heteroatoms. The van der Waals surface area contributed by atoms with Crippen molar-refractivity contribution < 1.29 is 13.5 Å². The molecule has 0 bridgehead atoms. The van der Waals surface area contributed by atoms with Crippen LogP contribution in [0.1, 0.15) is 26.7 Å². The Bertz CT molecular complexity index is 485. The molecule has 1 rings (SSSR count). The highest BCUT2D eigenvalue weighted by Crippen LogP contribution is 2.23. The average Bonchev–Trinajstić information content (AvgIpc) is 2.21. The summed E-state index contributed by atoms with van der Waals surface area (Å²) in [5.74, 6) is -0.120. The van der Waals surface area contributed by atoms with Crippen molar-refractivity contribution in [3.8, 4) is 5.75 Å². The molecule has 0 aromatic heterocycles. The lowest BCUT2D eigenvalue weighted by molar-refractivity contribution is 0.477. The van der Waals surface area contributed by atoms with E-state index in [4.69, 9.17) is 5.73 Å². The Morgan fingerprint density at radius 3 is 2.65 bits per heavy atom. The van der Waals surface area contributed by atoms with Crippen molar-refractivity contribution in [2.24, 2.45) is 0 Å². The number of nitrogens with one attached hydrogen (secondary N) is 1. The van der Waals surface area contributed by atoms with Gasteiger partial charge in [0.1, 0.15) is 5.75 Å². The fourth-order valence-electron chi connectivity index (χ4n) is 1.52. The van der Waals surface area contributed by atoms with E-state index in [1.807, 2.05) is 13.8 Å². The highest BCUT2D eigenvalue weighted by atomic mass is 32.2. The van der Waals surface area contributed by atoms with Crippen molar-refractivity contribution in [1.82, 2.24) is 4.72 Å². The third-order valence-electron chi connectivity index (χ3n) is 2.39. The van der Waals surface area contributed by atoms with E-state index in [1.165, 1.54) is 18.2 Å². The maximum Gasteiger partial charge on any atom is 0.240 e. The Hall–Kier alpha value is -1.27. The van der Waals surface area contributed by atoms with Gasteiger partial charge in [-0.3, -0.25) is 0 Å². The molecule has 0 saturated heterocycles. The number of phenols is 1. The van der Waals surface area contributed by atoms with E-state index in [1.54, 1.807) is 0 Å². The number of benzene rings is 1. The maximum absolute atomic E-state index is 11.9. The second kappa shape index (κ2) is 5.37. The van der Waals surface area contributed by atoms with Gasteiger partial charge >= 0.3 is 0 Å². The minimum atomic E-state index is -3.56. The summed E-state index contributed by atoms with van der Waals surface area (Å²) in [7, 11) is -3.56. The molecule has 0 radical (unpaired) electrons. The van der Waals surface area contributed by atoms with Crippen LogP contribution in [0.15, 0.2) is 23.1 Å². The zero-order valence-corrected chi connectivity index (χ0v) is 10.8.